The fourth-order valence-electron chi connectivity index (χ4n) is 3.19. The van der Waals surface area contributed by atoms with Crippen molar-refractivity contribution in [2.24, 2.45) is 0 Å². The van der Waals surface area contributed by atoms with E-state index in [1.165, 1.54) is 0 Å². The third-order valence-corrected chi connectivity index (χ3v) is 4.57. The third kappa shape index (κ3) is 3.24. The first-order chi connectivity index (χ1) is 12.5. The number of hydrogen-bond donors (Lipinski definition) is 2. The van der Waals surface area contributed by atoms with Crippen molar-refractivity contribution in [1.29, 1.82) is 5.26 Å². The Balaban J connectivity index is 1.80. The van der Waals surface area contributed by atoms with Gasteiger partial charge in [-0.3, -0.25) is 9.59 Å². The molecule has 1 saturated heterocycles. The van der Waals surface area contributed by atoms with Gasteiger partial charge in [0.2, 0.25) is 5.91 Å². The molecule has 1 atom stereocenters. The number of hydrogen-bond acceptors (Lipinski definition) is 4. The number of carbonyl (C=O) groups is 2. The maximum atomic E-state index is 12.8. The Morgan fingerprint density at radius 1 is 1.23 bits per heavy atom. The molecule has 0 aliphatic carbocycles. The Hall–Kier alpha value is -3.33. The number of aryl methyl sites for hydroxylation is 1. The van der Waals surface area contributed by atoms with E-state index in [2.05, 4.69) is 16.7 Å². The minimum atomic E-state index is -0.393. The van der Waals surface area contributed by atoms with Crippen LogP contribution in [0.1, 0.15) is 27.9 Å². The number of amides is 2. The van der Waals surface area contributed by atoms with Gasteiger partial charge in [0.1, 0.15) is 6.04 Å². The van der Waals surface area contributed by atoms with Gasteiger partial charge in [0, 0.05) is 25.0 Å². The van der Waals surface area contributed by atoms with Crippen LogP contribution in [0.15, 0.2) is 42.5 Å². The molecule has 0 spiro atoms. The van der Waals surface area contributed by atoms with Crippen molar-refractivity contribution < 1.29 is 9.59 Å². The van der Waals surface area contributed by atoms with Crippen LogP contribution in [-0.4, -0.2) is 31.4 Å². The highest BCUT2D eigenvalue weighted by Crippen LogP contribution is 2.26. The molecule has 2 aromatic carbocycles. The molecule has 1 fully saturated rings. The molecule has 2 aromatic rings. The Kier molecular flexibility index (Phi) is 4.90. The smallest absolute Gasteiger partial charge is 0.253 e. The van der Waals surface area contributed by atoms with Gasteiger partial charge in [0.05, 0.1) is 17.2 Å². The summed E-state index contributed by atoms with van der Waals surface area (Å²) in [6.07, 6.45) is 0.639. The molecule has 0 aromatic heterocycles. The van der Waals surface area contributed by atoms with Gasteiger partial charge in [-0.25, -0.2) is 0 Å². The quantitative estimate of drug-likeness (QED) is 0.889. The molecule has 0 radical (unpaired) electrons. The van der Waals surface area contributed by atoms with E-state index in [0.717, 1.165) is 11.3 Å². The van der Waals surface area contributed by atoms with Gasteiger partial charge in [0.15, 0.2) is 0 Å². The van der Waals surface area contributed by atoms with Crippen LogP contribution in [0.2, 0.25) is 0 Å². The second-order valence-electron chi connectivity index (χ2n) is 6.21. The predicted molar refractivity (Wildman–Crippen MR) is 100 cm³/mol. The number of carbonyl (C=O) groups excluding carboxylic acids is 2. The van der Waals surface area contributed by atoms with E-state index < -0.39 is 6.04 Å². The average molecular weight is 348 g/mol. The van der Waals surface area contributed by atoms with E-state index in [1.54, 1.807) is 36.2 Å². The summed E-state index contributed by atoms with van der Waals surface area (Å²) in [4.78, 5) is 26.7. The topological polar surface area (TPSA) is 85.2 Å². The molecular formula is C20H20N4O2. The molecular weight excluding hydrogens is 328 g/mol. The Bertz CT molecular complexity index is 884. The number of nitrogens with one attached hydrogen (secondary N) is 2. The van der Waals surface area contributed by atoms with Crippen molar-refractivity contribution in [3.8, 4) is 6.07 Å². The zero-order chi connectivity index (χ0) is 18.7. The van der Waals surface area contributed by atoms with Crippen LogP contribution in [-0.2, 0) is 4.79 Å². The van der Waals surface area contributed by atoms with E-state index in [1.807, 2.05) is 25.1 Å². The van der Waals surface area contributed by atoms with Crippen molar-refractivity contribution in [1.82, 2.24) is 5.32 Å². The first-order valence-electron chi connectivity index (χ1n) is 8.45. The minimum absolute atomic E-state index is 0.0425. The van der Waals surface area contributed by atoms with Gasteiger partial charge in [0.25, 0.3) is 5.91 Å². The zero-order valence-electron chi connectivity index (χ0n) is 14.7. The Morgan fingerprint density at radius 3 is 2.62 bits per heavy atom. The summed E-state index contributed by atoms with van der Waals surface area (Å²) < 4.78 is 0. The standard InChI is InChI=1S/C20H20N4O2/c1-13-4-3-5-16(18(13)19(25)22-2)23-17-10-11-24(20(17)26)15-8-6-14(12-21)7-9-15/h3-9,17,23H,10-11H2,1-2H3,(H,22,25)/t17-/m1/s1. The molecule has 2 N–H and O–H groups in total. The van der Waals surface area contributed by atoms with Gasteiger partial charge in [-0.05, 0) is 49.2 Å². The van der Waals surface area contributed by atoms with Crippen molar-refractivity contribution in [2.75, 3.05) is 23.8 Å². The molecule has 26 heavy (non-hydrogen) atoms. The number of nitrogens with zero attached hydrogens (tertiary/aromatic N) is 2. The minimum Gasteiger partial charge on any atom is -0.373 e. The summed E-state index contributed by atoms with van der Waals surface area (Å²) >= 11 is 0. The average Bonchev–Trinajstić information content (AvgIpc) is 3.02. The summed E-state index contributed by atoms with van der Waals surface area (Å²) in [6, 6.07) is 14.2. The lowest BCUT2D eigenvalue weighted by Crippen LogP contribution is -2.34. The first-order valence-corrected chi connectivity index (χ1v) is 8.45. The zero-order valence-corrected chi connectivity index (χ0v) is 14.7. The Morgan fingerprint density at radius 2 is 1.96 bits per heavy atom. The van der Waals surface area contributed by atoms with Gasteiger partial charge in [-0.2, -0.15) is 5.26 Å². The van der Waals surface area contributed by atoms with Crippen LogP contribution in [0.5, 0.6) is 0 Å². The fraction of sp³-hybridized carbons (Fsp3) is 0.250. The molecule has 6 heteroatoms. The van der Waals surface area contributed by atoms with Crippen molar-refractivity contribution in [2.45, 2.75) is 19.4 Å². The lowest BCUT2D eigenvalue weighted by Gasteiger charge is -2.19. The van der Waals surface area contributed by atoms with Crippen molar-refractivity contribution >= 4 is 23.2 Å². The molecule has 1 heterocycles. The van der Waals surface area contributed by atoms with Crippen LogP contribution < -0.4 is 15.5 Å². The number of nitriles is 1. The van der Waals surface area contributed by atoms with Crippen LogP contribution in [0.25, 0.3) is 0 Å². The first kappa shape index (κ1) is 17.5. The maximum absolute atomic E-state index is 12.8. The summed E-state index contributed by atoms with van der Waals surface area (Å²) in [5.74, 6) is -0.223. The fourth-order valence-corrected chi connectivity index (χ4v) is 3.19. The normalized spacial score (nSPS) is 16.3. The van der Waals surface area contributed by atoms with E-state index in [4.69, 9.17) is 5.26 Å². The van der Waals surface area contributed by atoms with Crippen LogP contribution in [0, 0.1) is 18.3 Å². The van der Waals surface area contributed by atoms with Crippen LogP contribution >= 0.6 is 0 Å². The highest BCUT2D eigenvalue weighted by molar-refractivity contribution is 6.04. The van der Waals surface area contributed by atoms with Crippen molar-refractivity contribution in [3.05, 3.63) is 59.2 Å². The predicted octanol–water partition coefficient (Wildman–Crippen LogP) is 2.44. The van der Waals surface area contributed by atoms with Crippen LogP contribution in [0.4, 0.5) is 11.4 Å². The number of benzene rings is 2. The van der Waals surface area contributed by atoms with E-state index in [0.29, 0.717) is 29.8 Å². The molecule has 1 aliphatic rings. The van der Waals surface area contributed by atoms with Gasteiger partial charge < -0.3 is 15.5 Å². The summed E-state index contributed by atoms with van der Waals surface area (Å²) in [5, 5.41) is 14.8. The number of anilines is 2. The largest absolute Gasteiger partial charge is 0.373 e. The SMILES string of the molecule is CNC(=O)c1c(C)cccc1N[C@@H]1CCN(c2ccc(C#N)cc2)C1=O. The summed E-state index contributed by atoms with van der Waals surface area (Å²) in [7, 11) is 1.59. The third-order valence-electron chi connectivity index (χ3n) is 4.57. The van der Waals surface area contributed by atoms with Gasteiger partial charge >= 0.3 is 0 Å². The maximum Gasteiger partial charge on any atom is 0.253 e. The molecule has 0 unspecified atom stereocenters. The summed E-state index contributed by atoms with van der Waals surface area (Å²) in [6.45, 7) is 2.46. The number of rotatable bonds is 4. The van der Waals surface area contributed by atoms with E-state index in [-0.39, 0.29) is 11.8 Å². The van der Waals surface area contributed by atoms with E-state index in [9.17, 15) is 9.59 Å². The molecule has 0 bridgehead atoms. The van der Waals surface area contributed by atoms with Gasteiger partial charge in [-0.1, -0.05) is 12.1 Å². The lowest BCUT2D eigenvalue weighted by atomic mass is 10.0. The van der Waals surface area contributed by atoms with E-state index >= 15 is 0 Å². The van der Waals surface area contributed by atoms with Crippen molar-refractivity contribution in [3.63, 3.8) is 0 Å². The molecule has 6 nitrogen and oxygen atoms in total. The molecule has 1 aliphatic heterocycles. The highest BCUT2D eigenvalue weighted by atomic mass is 16.2. The highest BCUT2D eigenvalue weighted by Gasteiger charge is 2.33. The second kappa shape index (κ2) is 7.28. The summed E-state index contributed by atoms with van der Waals surface area (Å²) in [5.41, 5.74) is 3.40. The Labute approximate surface area is 152 Å². The molecule has 0 saturated carbocycles. The van der Waals surface area contributed by atoms with Gasteiger partial charge in [-0.15, -0.1) is 0 Å². The lowest BCUT2D eigenvalue weighted by molar-refractivity contribution is -0.117. The molecule has 3 rings (SSSR count). The molecule has 2 amide bonds. The monoisotopic (exact) mass is 348 g/mol. The second-order valence-corrected chi connectivity index (χ2v) is 6.21. The molecule has 132 valence electrons. The van der Waals surface area contributed by atoms with Crippen LogP contribution in [0.3, 0.4) is 0 Å².